The van der Waals surface area contributed by atoms with Crippen molar-refractivity contribution >= 4 is 11.6 Å². The van der Waals surface area contributed by atoms with E-state index in [9.17, 15) is 4.79 Å². The number of likely N-dealkylation sites (tertiary alicyclic amines) is 1. The molecule has 1 aliphatic heterocycles. The maximum atomic E-state index is 12.0. The number of nitrogens with one attached hydrogen (secondary N) is 1. The highest BCUT2D eigenvalue weighted by molar-refractivity contribution is 5.94. The van der Waals surface area contributed by atoms with Crippen molar-refractivity contribution in [2.24, 2.45) is 0 Å². The van der Waals surface area contributed by atoms with Crippen LogP contribution < -0.4 is 5.32 Å². The first-order chi connectivity index (χ1) is 7.66. The van der Waals surface area contributed by atoms with Gasteiger partial charge in [0.15, 0.2) is 0 Å². The van der Waals surface area contributed by atoms with Crippen molar-refractivity contribution in [3.63, 3.8) is 0 Å². The maximum Gasteiger partial charge on any atom is 0.241 e. The molecule has 0 aromatic heterocycles. The van der Waals surface area contributed by atoms with E-state index in [0.29, 0.717) is 0 Å². The van der Waals surface area contributed by atoms with Gasteiger partial charge in [-0.25, -0.2) is 0 Å². The van der Waals surface area contributed by atoms with Gasteiger partial charge in [-0.2, -0.15) is 0 Å². The average molecular weight is 218 g/mol. The molecule has 0 aliphatic carbocycles. The van der Waals surface area contributed by atoms with E-state index in [2.05, 4.69) is 10.2 Å². The smallest absolute Gasteiger partial charge is 0.241 e. The van der Waals surface area contributed by atoms with Crippen LogP contribution in [0, 0.1) is 6.92 Å². The molecule has 1 saturated heterocycles. The summed E-state index contributed by atoms with van der Waals surface area (Å²) in [6, 6.07) is 7.95. The molecular formula is C13H18N2O. The van der Waals surface area contributed by atoms with E-state index < -0.39 is 0 Å². The number of amides is 1. The van der Waals surface area contributed by atoms with E-state index in [1.807, 2.05) is 38.2 Å². The fourth-order valence-electron chi connectivity index (χ4n) is 2.10. The van der Waals surface area contributed by atoms with Crippen LogP contribution >= 0.6 is 0 Å². The highest BCUT2D eigenvalue weighted by atomic mass is 16.2. The van der Waals surface area contributed by atoms with Gasteiger partial charge in [0.05, 0.1) is 6.04 Å². The van der Waals surface area contributed by atoms with E-state index in [-0.39, 0.29) is 11.9 Å². The zero-order valence-corrected chi connectivity index (χ0v) is 9.86. The Morgan fingerprint density at radius 1 is 1.38 bits per heavy atom. The van der Waals surface area contributed by atoms with Crippen LogP contribution in [-0.4, -0.2) is 30.4 Å². The van der Waals surface area contributed by atoms with Gasteiger partial charge in [-0.3, -0.25) is 9.69 Å². The van der Waals surface area contributed by atoms with Gasteiger partial charge in [-0.1, -0.05) is 17.7 Å². The normalized spacial score (nSPS) is 21.0. The first kappa shape index (κ1) is 11.1. The Hall–Kier alpha value is -1.35. The van der Waals surface area contributed by atoms with Crippen LogP contribution in [0.25, 0.3) is 0 Å². The number of carbonyl (C=O) groups excluding carboxylic acids is 1. The highest BCUT2D eigenvalue weighted by Crippen LogP contribution is 2.17. The van der Waals surface area contributed by atoms with Gasteiger partial charge in [0.25, 0.3) is 0 Å². The molecular weight excluding hydrogens is 200 g/mol. The van der Waals surface area contributed by atoms with Crippen LogP contribution in [0.3, 0.4) is 0 Å². The number of likely N-dealkylation sites (N-methyl/N-ethyl adjacent to an activating group) is 1. The summed E-state index contributed by atoms with van der Waals surface area (Å²) in [5.41, 5.74) is 2.09. The molecule has 1 unspecified atom stereocenters. The van der Waals surface area contributed by atoms with Gasteiger partial charge < -0.3 is 5.32 Å². The van der Waals surface area contributed by atoms with E-state index in [1.54, 1.807) is 0 Å². The van der Waals surface area contributed by atoms with Gasteiger partial charge in [0, 0.05) is 5.69 Å². The fourth-order valence-corrected chi connectivity index (χ4v) is 2.10. The maximum absolute atomic E-state index is 12.0. The summed E-state index contributed by atoms with van der Waals surface area (Å²) in [5.74, 6) is 0.115. The Bertz CT molecular complexity index is 372. The lowest BCUT2D eigenvalue weighted by molar-refractivity contribution is -0.119. The lowest BCUT2D eigenvalue weighted by Gasteiger charge is -2.18. The molecule has 2 rings (SSSR count). The molecule has 3 nitrogen and oxygen atoms in total. The third-order valence-corrected chi connectivity index (χ3v) is 3.14. The molecule has 1 aliphatic rings. The van der Waals surface area contributed by atoms with E-state index >= 15 is 0 Å². The number of anilines is 1. The molecule has 0 bridgehead atoms. The van der Waals surface area contributed by atoms with Gasteiger partial charge >= 0.3 is 0 Å². The third kappa shape index (κ3) is 2.42. The molecule has 1 N–H and O–H groups in total. The van der Waals surface area contributed by atoms with Crippen molar-refractivity contribution < 1.29 is 4.79 Å². The lowest BCUT2D eigenvalue weighted by Crippen LogP contribution is -2.37. The summed E-state index contributed by atoms with van der Waals surface area (Å²) < 4.78 is 0. The Labute approximate surface area is 96.5 Å². The second-order valence-electron chi connectivity index (χ2n) is 4.49. The third-order valence-electron chi connectivity index (χ3n) is 3.14. The summed E-state index contributed by atoms with van der Waals surface area (Å²) in [6.07, 6.45) is 2.08. The molecule has 1 atom stereocenters. The summed E-state index contributed by atoms with van der Waals surface area (Å²) in [5, 5.41) is 2.96. The van der Waals surface area contributed by atoms with Crippen molar-refractivity contribution in [2.75, 3.05) is 18.9 Å². The number of rotatable bonds is 2. The average Bonchev–Trinajstić information content (AvgIpc) is 2.68. The Morgan fingerprint density at radius 2 is 2.06 bits per heavy atom. The van der Waals surface area contributed by atoms with Crippen molar-refractivity contribution in [2.45, 2.75) is 25.8 Å². The summed E-state index contributed by atoms with van der Waals surface area (Å²) in [7, 11) is 2.01. The Balaban J connectivity index is 1.99. The minimum Gasteiger partial charge on any atom is -0.325 e. The van der Waals surface area contributed by atoms with Crippen LogP contribution in [0.1, 0.15) is 18.4 Å². The summed E-state index contributed by atoms with van der Waals surface area (Å²) in [4.78, 5) is 14.1. The quantitative estimate of drug-likeness (QED) is 0.823. The van der Waals surface area contributed by atoms with E-state index in [0.717, 1.165) is 25.1 Å². The van der Waals surface area contributed by atoms with Crippen LogP contribution in [0.5, 0.6) is 0 Å². The topological polar surface area (TPSA) is 32.3 Å². The van der Waals surface area contributed by atoms with Crippen molar-refractivity contribution in [3.8, 4) is 0 Å². The van der Waals surface area contributed by atoms with Crippen LogP contribution in [0.15, 0.2) is 24.3 Å². The second kappa shape index (κ2) is 4.66. The molecule has 0 radical (unpaired) electrons. The first-order valence-corrected chi connectivity index (χ1v) is 5.74. The summed E-state index contributed by atoms with van der Waals surface area (Å²) in [6.45, 7) is 3.06. The lowest BCUT2D eigenvalue weighted by atomic mass is 10.2. The van der Waals surface area contributed by atoms with E-state index in [1.165, 1.54) is 5.56 Å². The number of benzene rings is 1. The molecule has 16 heavy (non-hydrogen) atoms. The number of nitrogens with zero attached hydrogens (tertiary/aromatic N) is 1. The Kier molecular flexibility index (Phi) is 3.25. The minimum atomic E-state index is 0.0429. The molecule has 3 heteroatoms. The fraction of sp³-hybridized carbons (Fsp3) is 0.462. The number of hydrogen-bond acceptors (Lipinski definition) is 2. The molecule has 1 aromatic rings. The number of hydrogen-bond donors (Lipinski definition) is 1. The predicted molar refractivity (Wildman–Crippen MR) is 65.5 cm³/mol. The monoisotopic (exact) mass is 218 g/mol. The second-order valence-corrected chi connectivity index (χ2v) is 4.49. The minimum absolute atomic E-state index is 0.0429. The molecule has 1 amide bonds. The highest BCUT2D eigenvalue weighted by Gasteiger charge is 2.27. The van der Waals surface area contributed by atoms with Crippen molar-refractivity contribution in [1.82, 2.24) is 4.90 Å². The standard InChI is InChI=1S/C13H18N2O/c1-10-5-7-11(8-6-10)14-13(16)12-4-3-9-15(12)2/h5-8,12H,3-4,9H2,1-2H3,(H,14,16). The van der Waals surface area contributed by atoms with Gasteiger partial charge in [-0.15, -0.1) is 0 Å². The molecule has 1 fully saturated rings. The predicted octanol–water partition coefficient (Wildman–Crippen LogP) is 2.03. The van der Waals surface area contributed by atoms with Crippen LogP contribution in [-0.2, 0) is 4.79 Å². The largest absolute Gasteiger partial charge is 0.325 e. The number of carbonyl (C=O) groups is 1. The molecule has 1 aromatic carbocycles. The molecule has 86 valence electrons. The SMILES string of the molecule is Cc1ccc(NC(=O)C2CCCN2C)cc1. The van der Waals surface area contributed by atoms with Crippen molar-refractivity contribution in [3.05, 3.63) is 29.8 Å². The summed E-state index contributed by atoms with van der Waals surface area (Å²) >= 11 is 0. The van der Waals surface area contributed by atoms with Crippen molar-refractivity contribution in [1.29, 1.82) is 0 Å². The molecule has 0 spiro atoms. The van der Waals surface area contributed by atoms with Gasteiger partial charge in [0.1, 0.15) is 0 Å². The van der Waals surface area contributed by atoms with Crippen LogP contribution in [0.2, 0.25) is 0 Å². The van der Waals surface area contributed by atoms with E-state index in [4.69, 9.17) is 0 Å². The van der Waals surface area contributed by atoms with Gasteiger partial charge in [-0.05, 0) is 45.5 Å². The first-order valence-electron chi connectivity index (χ1n) is 5.74. The zero-order chi connectivity index (χ0) is 11.5. The molecule has 1 heterocycles. The van der Waals surface area contributed by atoms with Gasteiger partial charge in [0.2, 0.25) is 5.91 Å². The number of aryl methyl sites for hydroxylation is 1. The zero-order valence-electron chi connectivity index (χ0n) is 9.86. The van der Waals surface area contributed by atoms with Crippen LogP contribution in [0.4, 0.5) is 5.69 Å². The molecule has 0 saturated carbocycles. The Morgan fingerprint density at radius 3 is 2.62 bits per heavy atom.